The highest BCUT2D eigenvalue weighted by molar-refractivity contribution is 5.75. The van der Waals surface area contributed by atoms with Gasteiger partial charge in [-0.25, -0.2) is 0 Å². The Kier molecular flexibility index (Phi) is 3.77. The first-order chi connectivity index (χ1) is 12.0. The number of likely N-dealkylation sites (tertiary alicyclic amines) is 1. The Labute approximate surface area is 151 Å². The van der Waals surface area contributed by atoms with Crippen LogP contribution in [0.2, 0.25) is 0 Å². The summed E-state index contributed by atoms with van der Waals surface area (Å²) in [5, 5.41) is 0. The maximum atomic E-state index is 12.7. The molecule has 0 radical (unpaired) electrons. The summed E-state index contributed by atoms with van der Waals surface area (Å²) in [6.45, 7) is 8.94. The molecule has 3 aliphatic heterocycles. The van der Waals surface area contributed by atoms with Gasteiger partial charge in [0.25, 0.3) is 0 Å². The molecule has 2 saturated carbocycles. The van der Waals surface area contributed by atoms with Crippen molar-refractivity contribution >= 4 is 5.97 Å². The van der Waals surface area contributed by atoms with E-state index >= 15 is 0 Å². The first kappa shape index (κ1) is 16.6. The lowest BCUT2D eigenvalue weighted by atomic mass is 9.53. The molecule has 140 valence electrons. The first-order valence-electron chi connectivity index (χ1n) is 10.6. The van der Waals surface area contributed by atoms with E-state index in [9.17, 15) is 4.79 Å². The number of carbonyl (C=O) groups excluding carboxylic acids is 1. The van der Waals surface area contributed by atoms with Crippen LogP contribution in [-0.2, 0) is 14.3 Å². The van der Waals surface area contributed by atoms with Crippen LogP contribution in [-0.4, -0.2) is 48.8 Å². The molecule has 5 aliphatic rings. The zero-order valence-corrected chi connectivity index (χ0v) is 15.8. The molecule has 0 bridgehead atoms. The predicted molar refractivity (Wildman–Crippen MR) is 95.1 cm³/mol. The molecule has 25 heavy (non-hydrogen) atoms. The highest BCUT2D eigenvalue weighted by Gasteiger charge is 2.65. The van der Waals surface area contributed by atoms with E-state index in [2.05, 4.69) is 18.7 Å². The Morgan fingerprint density at radius 1 is 1.28 bits per heavy atom. The van der Waals surface area contributed by atoms with E-state index in [0.717, 1.165) is 45.0 Å². The third-order valence-electron chi connectivity index (χ3n) is 8.28. The molecular weight excluding hydrogens is 314 g/mol. The molecule has 4 heteroatoms. The van der Waals surface area contributed by atoms with Gasteiger partial charge in [-0.2, -0.15) is 0 Å². The second-order valence-electron chi connectivity index (χ2n) is 10.1. The van der Waals surface area contributed by atoms with E-state index in [0.29, 0.717) is 17.3 Å². The van der Waals surface area contributed by atoms with Gasteiger partial charge in [0.05, 0.1) is 18.1 Å². The predicted octanol–water partition coefficient (Wildman–Crippen LogP) is 3.25. The van der Waals surface area contributed by atoms with E-state index in [1.807, 2.05) is 0 Å². The number of piperidine rings is 1. The fourth-order valence-electron chi connectivity index (χ4n) is 6.90. The monoisotopic (exact) mass is 347 g/mol. The van der Waals surface area contributed by atoms with Crippen molar-refractivity contribution in [2.75, 3.05) is 26.2 Å². The molecule has 1 spiro atoms. The maximum Gasteiger partial charge on any atom is 0.310 e. The van der Waals surface area contributed by atoms with Gasteiger partial charge in [0.15, 0.2) is 0 Å². The van der Waals surface area contributed by atoms with Gasteiger partial charge in [-0.3, -0.25) is 4.79 Å². The molecule has 0 unspecified atom stereocenters. The fourth-order valence-corrected chi connectivity index (χ4v) is 6.90. The summed E-state index contributed by atoms with van der Waals surface area (Å²) >= 11 is 0. The first-order valence-corrected chi connectivity index (χ1v) is 10.6. The van der Waals surface area contributed by atoms with E-state index in [4.69, 9.17) is 9.47 Å². The van der Waals surface area contributed by atoms with Crippen LogP contribution in [0.15, 0.2) is 0 Å². The van der Waals surface area contributed by atoms with Gasteiger partial charge in [-0.05, 0) is 68.7 Å². The summed E-state index contributed by atoms with van der Waals surface area (Å²) in [5.41, 5.74) is 0.471. The third kappa shape index (κ3) is 2.66. The van der Waals surface area contributed by atoms with Gasteiger partial charge in [0.2, 0.25) is 0 Å². The number of ether oxygens (including phenoxy) is 2. The lowest BCUT2D eigenvalue weighted by Gasteiger charge is -2.51. The molecule has 2 aliphatic carbocycles. The van der Waals surface area contributed by atoms with Crippen molar-refractivity contribution in [1.29, 1.82) is 0 Å². The number of carbonyl (C=O) groups is 1. The summed E-state index contributed by atoms with van der Waals surface area (Å²) in [4.78, 5) is 15.2. The number of nitrogens with zero attached hydrogens (tertiary/aromatic N) is 1. The molecule has 3 heterocycles. The number of rotatable bonds is 2. The zero-order chi connectivity index (χ0) is 17.2. The number of epoxide rings is 1. The number of fused-ring (bicyclic) bond motifs is 3. The van der Waals surface area contributed by atoms with Crippen molar-refractivity contribution in [3.63, 3.8) is 0 Å². The van der Waals surface area contributed by atoms with Crippen LogP contribution in [0.5, 0.6) is 0 Å². The molecular formula is C21H33NO3. The van der Waals surface area contributed by atoms with Crippen LogP contribution >= 0.6 is 0 Å². The Balaban J connectivity index is 1.34. The van der Waals surface area contributed by atoms with Crippen LogP contribution in [0.1, 0.15) is 58.8 Å². The third-order valence-corrected chi connectivity index (χ3v) is 8.28. The smallest absolute Gasteiger partial charge is 0.310 e. The van der Waals surface area contributed by atoms with Gasteiger partial charge in [0, 0.05) is 19.0 Å². The average Bonchev–Trinajstić information content (AvgIpc) is 3.26. The van der Waals surface area contributed by atoms with Gasteiger partial charge >= 0.3 is 5.97 Å². The summed E-state index contributed by atoms with van der Waals surface area (Å²) < 4.78 is 12.0. The van der Waals surface area contributed by atoms with Gasteiger partial charge in [-0.1, -0.05) is 13.8 Å². The lowest BCUT2D eigenvalue weighted by molar-refractivity contribution is -0.147. The molecule has 5 fully saturated rings. The lowest BCUT2D eigenvalue weighted by Crippen LogP contribution is -2.51. The summed E-state index contributed by atoms with van der Waals surface area (Å²) in [7, 11) is 0. The van der Waals surface area contributed by atoms with E-state index in [1.54, 1.807) is 0 Å². The highest BCUT2D eigenvalue weighted by atomic mass is 16.6. The van der Waals surface area contributed by atoms with Crippen LogP contribution in [0, 0.1) is 29.1 Å². The largest absolute Gasteiger partial charge is 0.462 e. The normalized spacial score (nSPS) is 52.6. The molecule has 4 nitrogen and oxygen atoms in total. The van der Waals surface area contributed by atoms with Crippen molar-refractivity contribution in [3.8, 4) is 0 Å². The van der Waals surface area contributed by atoms with Crippen LogP contribution in [0.3, 0.4) is 0 Å². The molecule has 7 atom stereocenters. The molecule has 3 saturated heterocycles. The Hall–Kier alpha value is -0.610. The Morgan fingerprint density at radius 2 is 2.12 bits per heavy atom. The van der Waals surface area contributed by atoms with Gasteiger partial charge < -0.3 is 14.4 Å². The topological polar surface area (TPSA) is 42.1 Å². The van der Waals surface area contributed by atoms with Crippen molar-refractivity contribution in [2.24, 2.45) is 29.1 Å². The van der Waals surface area contributed by atoms with Crippen LogP contribution in [0.25, 0.3) is 0 Å². The molecule has 0 aromatic rings. The van der Waals surface area contributed by atoms with E-state index < -0.39 is 0 Å². The molecule has 0 aromatic heterocycles. The van der Waals surface area contributed by atoms with Crippen LogP contribution in [0.4, 0.5) is 0 Å². The fraction of sp³-hybridized carbons (Fsp3) is 0.952. The minimum Gasteiger partial charge on any atom is -0.462 e. The Bertz CT molecular complexity index is 559. The maximum absolute atomic E-state index is 12.7. The second kappa shape index (κ2) is 5.69. The van der Waals surface area contributed by atoms with Gasteiger partial charge in [-0.15, -0.1) is 0 Å². The number of hydrogen-bond acceptors (Lipinski definition) is 4. The second-order valence-corrected chi connectivity index (χ2v) is 10.1. The SMILES string of the molecule is C[C@@H]1CCCN(C[C@H]2C(=O)O[C@@H]3C[C@@]4(C)CCC[C@]5(CO5)[C@H]4C[C@@H]32)C1. The van der Waals surface area contributed by atoms with Crippen molar-refractivity contribution in [2.45, 2.75) is 70.5 Å². The van der Waals surface area contributed by atoms with Crippen molar-refractivity contribution < 1.29 is 14.3 Å². The Morgan fingerprint density at radius 3 is 2.88 bits per heavy atom. The minimum atomic E-state index is 0.0845. The zero-order valence-electron chi connectivity index (χ0n) is 15.8. The van der Waals surface area contributed by atoms with E-state index in [-0.39, 0.29) is 23.6 Å². The quantitative estimate of drug-likeness (QED) is 0.568. The molecule has 0 aromatic carbocycles. The summed E-state index contributed by atoms with van der Waals surface area (Å²) in [5.74, 6) is 1.99. The molecule has 0 N–H and O–H groups in total. The number of esters is 1. The minimum absolute atomic E-state index is 0.0845. The van der Waals surface area contributed by atoms with Crippen molar-refractivity contribution in [3.05, 3.63) is 0 Å². The standard InChI is InChI=1S/C21H33NO3/c1-14-5-3-8-22(11-14)12-16-15-9-18-20(2,10-17(15)25-19(16)23)6-4-7-21(18)13-24-21/h14-18H,3-13H2,1-2H3/t14-,15-,16-,17-,18+,20-,21+/m1/s1. The van der Waals surface area contributed by atoms with Gasteiger partial charge in [0.1, 0.15) is 6.10 Å². The molecule has 0 amide bonds. The highest BCUT2D eigenvalue weighted by Crippen LogP contribution is 2.62. The number of hydrogen-bond donors (Lipinski definition) is 0. The summed E-state index contributed by atoms with van der Waals surface area (Å²) in [6, 6.07) is 0. The average molecular weight is 347 g/mol. The van der Waals surface area contributed by atoms with Crippen molar-refractivity contribution in [1.82, 2.24) is 4.90 Å². The molecule has 5 rings (SSSR count). The van der Waals surface area contributed by atoms with E-state index in [1.165, 1.54) is 32.1 Å². The van der Waals surface area contributed by atoms with Crippen LogP contribution < -0.4 is 0 Å². The summed E-state index contributed by atoms with van der Waals surface area (Å²) in [6.07, 6.45) is 8.74.